The summed E-state index contributed by atoms with van der Waals surface area (Å²) < 4.78 is 13.4. The van der Waals surface area contributed by atoms with E-state index in [4.69, 9.17) is 5.21 Å². The van der Waals surface area contributed by atoms with Crippen molar-refractivity contribution in [3.63, 3.8) is 0 Å². The van der Waals surface area contributed by atoms with Crippen LogP contribution in [0.4, 0.5) is 4.39 Å². The van der Waals surface area contributed by atoms with Crippen molar-refractivity contribution in [2.24, 2.45) is 10.6 Å². The fourth-order valence-electron chi connectivity index (χ4n) is 3.29. The average molecular weight is 291 g/mol. The molecule has 0 radical (unpaired) electrons. The molecule has 0 saturated carbocycles. The van der Waals surface area contributed by atoms with Crippen LogP contribution in [-0.4, -0.2) is 40.4 Å². The van der Waals surface area contributed by atoms with Crippen LogP contribution in [0, 0.1) is 11.2 Å². The molecule has 1 amide bonds. The summed E-state index contributed by atoms with van der Waals surface area (Å²) in [5, 5.41) is 15.3. The van der Waals surface area contributed by atoms with Crippen LogP contribution in [0.15, 0.2) is 29.4 Å². The number of rotatable bonds is 3. The molecule has 2 fully saturated rings. The number of benzene rings is 1. The molecule has 0 aliphatic carbocycles. The van der Waals surface area contributed by atoms with Crippen LogP contribution in [0.1, 0.15) is 31.4 Å². The number of nitrogens with zero attached hydrogens (tertiary/aromatic N) is 3. The van der Waals surface area contributed by atoms with Crippen LogP contribution in [-0.2, 0) is 4.79 Å². The molecular formula is C15H18FN3O2. The number of hydrogen-bond donors (Lipinski definition) is 1. The first kappa shape index (κ1) is 14.0. The number of carbonyl (C=O) groups is 1. The summed E-state index contributed by atoms with van der Waals surface area (Å²) in [6.07, 6.45) is 2.56. The van der Waals surface area contributed by atoms with Crippen molar-refractivity contribution >= 4 is 12.1 Å². The van der Waals surface area contributed by atoms with Crippen molar-refractivity contribution in [1.29, 1.82) is 0 Å². The van der Waals surface area contributed by atoms with Crippen molar-refractivity contribution in [2.75, 3.05) is 13.1 Å². The summed E-state index contributed by atoms with van der Waals surface area (Å²) >= 11 is 0. The third-order valence-electron chi connectivity index (χ3n) is 4.37. The van der Waals surface area contributed by atoms with Crippen molar-refractivity contribution in [2.45, 2.75) is 25.8 Å². The van der Waals surface area contributed by atoms with E-state index in [9.17, 15) is 9.18 Å². The molecule has 2 unspecified atom stereocenters. The molecule has 5 nitrogen and oxygen atoms in total. The second-order valence-electron chi connectivity index (χ2n) is 5.96. The van der Waals surface area contributed by atoms with E-state index in [1.165, 1.54) is 18.3 Å². The van der Waals surface area contributed by atoms with E-state index < -0.39 is 5.41 Å². The molecule has 6 heteroatoms. The zero-order chi connectivity index (χ0) is 15.0. The van der Waals surface area contributed by atoms with Gasteiger partial charge in [0.1, 0.15) is 5.82 Å². The number of hydrazine groups is 1. The number of hydrogen-bond acceptors (Lipinski definition) is 4. The third-order valence-corrected chi connectivity index (χ3v) is 4.37. The van der Waals surface area contributed by atoms with Crippen LogP contribution in [0.3, 0.4) is 0 Å². The molecule has 0 bridgehead atoms. The normalized spacial score (nSPS) is 29.5. The SMILES string of the molecule is CC1(C/C=N/O)CN2CCC(c3cccc(F)c3)N2C1=O. The van der Waals surface area contributed by atoms with Gasteiger partial charge in [-0.2, -0.15) is 0 Å². The molecule has 1 aromatic carbocycles. The highest BCUT2D eigenvalue weighted by atomic mass is 19.1. The summed E-state index contributed by atoms with van der Waals surface area (Å²) in [5.41, 5.74) is 0.240. The lowest BCUT2D eigenvalue weighted by molar-refractivity contribution is -0.142. The van der Waals surface area contributed by atoms with E-state index in [1.54, 1.807) is 11.1 Å². The van der Waals surface area contributed by atoms with E-state index in [1.807, 2.05) is 18.0 Å². The van der Waals surface area contributed by atoms with Gasteiger partial charge in [0.2, 0.25) is 5.91 Å². The smallest absolute Gasteiger partial charge is 0.245 e. The monoisotopic (exact) mass is 291 g/mol. The van der Waals surface area contributed by atoms with Crippen LogP contribution in [0.2, 0.25) is 0 Å². The zero-order valence-corrected chi connectivity index (χ0v) is 11.9. The summed E-state index contributed by atoms with van der Waals surface area (Å²) in [5.74, 6) is -0.276. The Morgan fingerprint density at radius 1 is 1.57 bits per heavy atom. The van der Waals surface area contributed by atoms with E-state index in [-0.39, 0.29) is 17.8 Å². The van der Waals surface area contributed by atoms with Gasteiger partial charge in [-0.05, 0) is 31.0 Å². The van der Waals surface area contributed by atoms with E-state index in [0.29, 0.717) is 13.0 Å². The van der Waals surface area contributed by atoms with Gasteiger partial charge in [-0.3, -0.25) is 9.80 Å². The second-order valence-corrected chi connectivity index (χ2v) is 5.96. The minimum absolute atomic E-state index is 0.00848. The van der Waals surface area contributed by atoms with E-state index in [2.05, 4.69) is 5.16 Å². The van der Waals surface area contributed by atoms with Gasteiger partial charge in [-0.1, -0.05) is 12.1 Å². The molecule has 3 rings (SSSR count). The molecule has 0 aromatic heterocycles. The fraction of sp³-hybridized carbons (Fsp3) is 0.467. The van der Waals surface area contributed by atoms with Crippen LogP contribution >= 0.6 is 0 Å². The predicted octanol–water partition coefficient (Wildman–Crippen LogP) is 2.19. The third kappa shape index (κ3) is 2.29. The van der Waals surface area contributed by atoms with Gasteiger partial charge in [0.15, 0.2) is 0 Å². The summed E-state index contributed by atoms with van der Waals surface area (Å²) in [6.45, 7) is 3.25. The lowest BCUT2D eigenvalue weighted by atomic mass is 9.86. The lowest BCUT2D eigenvalue weighted by Gasteiger charge is -2.26. The Kier molecular flexibility index (Phi) is 3.41. The molecule has 21 heavy (non-hydrogen) atoms. The summed E-state index contributed by atoms with van der Waals surface area (Å²) in [4.78, 5) is 12.7. The van der Waals surface area contributed by atoms with Crippen molar-refractivity contribution < 1.29 is 14.4 Å². The van der Waals surface area contributed by atoms with Crippen LogP contribution < -0.4 is 0 Å². The molecule has 2 atom stereocenters. The van der Waals surface area contributed by atoms with Gasteiger partial charge in [0.05, 0.1) is 11.5 Å². The fourth-order valence-corrected chi connectivity index (χ4v) is 3.29. The summed E-state index contributed by atoms with van der Waals surface area (Å²) in [6, 6.07) is 6.32. The maximum atomic E-state index is 13.4. The minimum Gasteiger partial charge on any atom is -0.411 e. The molecule has 112 valence electrons. The van der Waals surface area contributed by atoms with Gasteiger partial charge < -0.3 is 5.21 Å². The average Bonchev–Trinajstić information content (AvgIpc) is 2.97. The molecule has 2 saturated heterocycles. The van der Waals surface area contributed by atoms with Crippen LogP contribution in [0.5, 0.6) is 0 Å². The number of oxime groups is 1. The lowest BCUT2D eigenvalue weighted by Crippen LogP contribution is -2.36. The molecule has 2 aliphatic rings. The molecule has 1 aromatic rings. The van der Waals surface area contributed by atoms with Crippen molar-refractivity contribution in [3.8, 4) is 0 Å². The molecule has 0 spiro atoms. The van der Waals surface area contributed by atoms with Gasteiger partial charge in [0, 0.05) is 25.7 Å². The Balaban J connectivity index is 1.87. The zero-order valence-electron chi connectivity index (χ0n) is 11.9. The van der Waals surface area contributed by atoms with E-state index in [0.717, 1.165) is 18.5 Å². The Morgan fingerprint density at radius 2 is 2.38 bits per heavy atom. The number of fused-ring (bicyclic) bond motifs is 1. The highest BCUT2D eigenvalue weighted by Gasteiger charge is 2.52. The van der Waals surface area contributed by atoms with Gasteiger partial charge >= 0.3 is 0 Å². The second kappa shape index (κ2) is 5.11. The van der Waals surface area contributed by atoms with Gasteiger partial charge in [-0.15, -0.1) is 5.16 Å². The first-order valence-corrected chi connectivity index (χ1v) is 7.05. The quantitative estimate of drug-likeness (QED) is 0.527. The highest BCUT2D eigenvalue weighted by molar-refractivity contribution is 5.87. The van der Waals surface area contributed by atoms with Crippen molar-refractivity contribution in [1.82, 2.24) is 10.0 Å². The Hall–Kier alpha value is -1.95. The highest BCUT2D eigenvalue weighted by Crippen LogP contribution is 2.43. The number of halogens is 1. The topological polar surface area (TPSA) is 56.1 Å². The Bertz CT molecular complexity index is 592. The number of amides is 1. The van der Waals surface area contributed by atoms with Gasteiger partial charge in [0.25, 0.3) is 0 Å². The molecule has 2 aliphatic heterocycles. The first-order valence-electron chi connectivity index (χ1n) is 7.05. The largest absolute Gasteiger partial charge is 0.411 e. The minimum atomic E-state index is -0.585. The van der Waals surface area contributed by atoms with Crippen LogP contribution in [0.25, 0.3) is 0 Å². The Labute approximate surface area is 122 Å². The number of carbonyl (C=O) groups excluding carboxylic acids is 1. The molecule has 2 heterocycles. The predicted molar refractivity (Wildman–Crippen MR) is 75.2 cm³/mol. The van der Waals surface area contributed by atoms with Gasteiger partial charge in [-0.25, -0.2) is 9.40 Å². The molecular weight excluding hydrogens is 273 g/mol. The maximum absolute atomic E-state index is 13.4. The molecule has 1 N–H and O–H groups in total. The standard InChI is InChI=1S/C15H18FN3O2/c1-15(6-7-17-21)10-18-8-5-13(19(18)14(15)20)11-3-2-4-12(16)9-11/h2-4,7,9,13,21H,5-6,8,10H2,1H3/b17-7+. The van der Waals surface area contributed by atoms with Crippen molar-refractivity contribution in [3.05, 3.63) is 35.6 Å². The maximum Gasteiger partial charge on any atom is 0.245 e. The Morgan fingerprint density at radius 3 is 3.10 bits per heavy atom. The summed E-state index contributed by atoms with van der Waals surface area (Å²) in [7, 11) is 0. The van der Waals surface area contributed by atoms with E-state index >= 15 is 0 Å². The first-order chi connectivity index (χ1) is 10.0.